The Labute approximate surface area is 130 Å². The van der Waals surface area contributed by atoms with E-state index in [2.05, 4.69) is 17.2 Å². The summed E-state index contributed by atoms with van der Waals surface area (Å²) in [4.78, 5) is 6.63. The van der Waals surface area contributed by atoms with E-state index in [9.17, 15) is 0 Å². The van der Waals surface area contributed by atoms with E-state index < -0.39 is 0 Å². The van der Waals surface area contributed by atoms with Crippen molar-refractivity contribution in [1.29, 1.82) is 0 Å². The number of rotatable bonds is 6. The topological polar surface area (TPSA) is 37.4 Å². The number of halogens is 1. The Balaban J connectivity index is 2.32. The molecular weight excluding hydrogens is 286 g/mol. The highest BCUT2D eigenvalue weighted by atomic mass is 35.5. The van der Waals surface area contributed by atoms with Gasteiger partial charge in [0.15, 0.2) is 0 Å². The predicted octanol–water partition coefficient (Wildman–Crippen LogP) is 3.62. The molecule has 112 valence electrons. The highest BCUT2D eigenvalue weighted by molar-refractivity contribution is 6.31. The zero-order valence-electron chi connectivity index (χ0n) is 12.6. The van der Waals surface area contributed by atoms with Crippen LogP contribution in [0.2, 0.25) is 5.02 Å². The fraction of sp³-hybridized carbons (Fsp3) is 0.312. The van der Waals surface area contributed by atoms with Crippen LogP contribution in [0.25, 0.3) is 0 Å². The lowest BCUT2D eigenvalue weighted by molar-refractivity contribution is 0.415. The molecule has 0 bridgehead atoms. The van der Waals surface area contributed by atoms with Crippen LogP contribution in [-0.4, -0.2) is 25.7 Å². The van der Waals surface area contributed by atoms with E-state index in [1.54, 1.807) is 7.11 Å². The van der Waals surface area contributed by atoms with Gasteiger partial charge in [-0.15, -0.1) is 0 Å². The zero-order valence-corrected chi connectivity index (χ0v) is 13.3. The second-order valence-corrected chi connectivity index (χ2v) is 5.02. The molecule has 1 N–H and O–H groups in total. The second kappa shape index (κ2) is 7.29. The molecule has 1 aromatic carbocycles. The molecule has 0 aliphatic rings. The van der Waals surface area contributed by atoms with E-state index in [0.717, 1.165) is 29.5 Å². The van der Waals surface area contributed by atoms with Crippen molar-refractivity contribution in [1.82, 2.24) is 10.3 Å². The third kappa shape index (κ3) is 3.65. The van der Waals surface area contributed by atoms with Crippen molar-refractivity contribution in [3.05, 3.63) is 47.1 Å². The summed E-state index contributed by atoms with van der Waals surface area (Å²) in [5.41, 5.74) is 1.81. The number of nitrogens with one attached hydrogen (secondary N) is 1. The van der Waals surface area contributed by atoms with Gasteiger partial charge in [-0.25, -0.2) is 4.98 Å². The summed E-state index contributed by atoms with van der Waals surface area (Å²) in [6.07, 6.45) is 0. The van der Waals surface area contributed by atoms with Crippen molar-refractivity contribution in [2.75, 3.05) is 25.6 Å². The van der Waals surface area contributed by atoms with Crippen molar-refractivity contribution in [2.45, 2.75) is 13.5 Å². The van der Waals surface area contributed by atoms with Gasteiger partial charge in [0, 0.05) is 13.6 Å². The molecule has 1 heterocycles. The minimum atomic E-state index is 0.656. The van der Waals surface area contributed by atoms with Gasteiger partial charge < -0.3 is 15.0 Å². The van der Waals surface area contributed by atoms with Gasteiger partial charge in [-0.05, 0) is 30.8 Å². The smallest absolute Gasteiger partial charge is 0.142 e. The van der Waals surface area contributed by atoms with Crippen LogP contribution in [0, 0.1) is 0 Å². The second-order valence-electron chi connectivity index (χ2n) is 4.61. The van der Waals surface area contributed by atoms with Crippen LogP contribution in [-0.2, 0) is 6.54 Å². The Morgan fingerprint density at radius 2 is 2.00 bits per heavy atom. The number of methoxy groups -OCH3 is 1. The molecule has 0 fully saturated rings. The van der Waals surface area contributed by atoms with Crippen molar-refractivity contribution < 1.29 is 4.74 Å². The molecule has 21 heavy (non-hydrogen) atoms. The van der Waals surface area contributed by atoms with E-state index in [1.165, 1.54) is 0 Å². The first-order valence-electron chi connectivity index (χ1n) is 6.90. The molecule has 2 aromatic rings. The van der Waals surface area contributed by atoms with Crippen LogP contribution in [0.4, 0.5) is 11.5 Å². The van der Waals surface area contributed by atoms with Gasteiger partial charge >= 0.3 is 0 Å². The number of ether oxygens (including phenoxy) is 1. The molecule has 0 aliphatic carbocycles. The van der Waals surface area contributed by atoms with Gasteiger partial charge in [-0.2, -0.15) is 0 Å². The first-order chi connectivity index (χ1) is 10.2. The highest BCUT2D eigenvalue weighted by Crippen LogP contribution is 2.32. The maximum absolute atomic E-state index is 6.20. The van der Waals surface area contributed by atoms with Gasteiger partial charge in [0.25, 0.3) is 0 Å². The van der Waals surface area contributed by atoms with E-state index >= 15 is 0 Å². The molecule has 5 heteroatoms. The molecule has 0 saturated heterocycles. The Bertz CT molecular complexity index is 604. The summed E-state index contributed by atoms with van der Waals surface area (Å²) in [5.74, 6) is 1.64. The molecule has 1 aromatic heterocycles. The minimum Gasteiger partial charge on any atom is -0.495 e. The largest absolute Gasteiger partial charge is 0.495 e. The van der Waals surface area contributed by atoms with Gasteiger partial charge in [0.1, 0.15) is 11.6 Å². The Kier molecular flexibility index (Phi) is 5.42. The zero-order chi connectivity index (χ0) is 15.2. The SMILES string of the molecule is CCNCc1nc(N(C)c2ccccc2OC)ccc1Cl. The molecule has 0 unspecified atom stereocenters. The first-order valence-corrected chi connectivity index (χ1v) is 7.28. The summed E-state index contributed by atoms with van der Waals surface area (Å²) in [7, 11) is 3.63. The van der Waals surface area contributed by atoms with Crippen LogP contribution >= 0.6 is 11.6 Å². The first kappa shape index (κ1) is 15.6. The van der Waals surface area contributed by atoms with Crippen molar-refractivity contribution in [2.24, 2.45) is 0 Å². The molecule has 0 amide bonds. The summed E-state index contributed by atoms with van der Waals surface area (Å²) < 4.78 is 5.40. The summed E-state index contributed by atoms with van der Waals surface area (Å²) >= 11 is 6.20. The lowest BCUT2D eigenvalue weighted by Crippen LogP contribution is -2.16. The molecular formula is C16H20ClN3O. The Morgan fingerprint density at radius 1 is 1.24 bits per heavy atom. The molecule has 0 spiro atoms. The number of aromatic nitrogens is 1. The number of nitrogens with zero attached hydrogens (tertiary/aromatic N) is 2. The monoisotopic (exact) mass is 305 g/mol. The number of para-hydroxylation sites is 2. The van der Waals surface area contributed by atoms with Crippen molar-refractivity contribution >= 4 is 23.1 Å². The van der Waals surface area contributed by atoms with Crippen LogP contribution in [0.3, 0.4) is 0 Å². The van der Waals surface area contributed by atoms with Crippen molar-refractivity contribution in [3.8, 4) is 5.75 Å². The molecule has 2 rings (SSSR count). The third-order valence-electron chi connectivity index (χ3n) is 3.24. The average molecular weight is 306 g/mol. The molecule has 0 saturated carbocycles. The summed E-state index contributed by atoms with van der Waals surface area (Å²) in [5, 5.41) is 3.92. The Hall–Kier alpha value is -1.78. The lowest BCUT2D eigenvalue weighted by Gasteiger charge is -2.21. The molecule has 4 nitrogen and oxygen atoms in total. The number of pyridine rings is 1. The fourth-order valence-corrected chi connectivity index (χ4v) is 2.23. The van der Waals surface area contributed by atoms with Gasteiger partial charge in [-0.1, -0.05) is 30.7 Å². The number of benzene rings is 1. The van der Waals surface area contributed by atoms with E-state index in [4.69, 9.17) is 16.3 Å². The van der Waals surface area contributed by atoms with Crippen LogP contribution in [0.15, 0.2) is 36.4 Å². The van der Waals surface area contributed by atoms with Gasteiger partial charge in [-0.3, -0.25) is 0 Å². The van der Waals surface area contributed by atoms with E-state index in [1.807, 2.05) is 48.3 Å². The number of hydrogen-bond acceptors (Lipinski definition) is 4. The van der Waals surface area contributed by atoms with Crippen molar-refractivity contribution in [3.63, 3.8) is 0 Å². The van der Waals surface area contributed by atoms with E-state index in [-0.39, 0.29) is 0 Å². The standard InChI is InChI=1S/C16H20ClN3O/c1-4-18-11-13-12(17)9-10-16(19-13)20(2)14-7-5-6-8-15(14)21-3/h5-10,18H,4,11H2,1-3H3. The molecule has 0 aliphatic heterocycles. The maximum Gasteiger partial charge on any atom is 0.142 e. The van der Waals surface area contributed by atoms with Gasteiger partial charge in [0.05, 0.1) is 23.5 Å². The number of anilines is 2. The van der Waals surface area contributed by atoms with Crippen LogP contribution < -0.4 is 15.0 Å². The van der Waals surface area contributed by atoms with Gasteiger partial charge in [0.2, 0.25) is 0 Å². The Morgan fingerprint density at radius 3 is 2.71 bits per heavy atom. The third-order valence-corrected chi connectivity index (χ3v) is 3.58. The van der Waals surface area contributed by atoms with Crippen LogP contribution in [0.5, 0.6) is 5.75 Å². The lowest BCUT2D eigenvalue weighted by atomic mass is 10.2. The molecule has 0 radical (unpaired) electrons. The quantitative estimate of drug-likeness (QED) is 0.884. The normalized spacial score (nSPS) is 10.5. The predicted molar refractivity (Wildman–Crippen MR) is 87.7 cm³/mol. The summed E-state index contributed by atoms with van der Waals surface area (Å²) in [6.45, 7) is 3.59. The average Bonchev–Trinajstić information content (AvgIpc) is 2.53. The minimum absolute atomic E-state index is 0.656. The number of hydrogen-bond donors (Lipinski definition) is 1. The maximum atomic E-state index is 6.20. The van der Waals surface area contributed by atoms with E-state index in [0.29, 0.717) is 11.6 Å². The van der Waals surface area contributed by atoms with Crippen LogP contribution in [0.1, 0.15) is 12.6 Å². The summed E-state index contributed by atoms with van der Waals surface area (Å²) in [6, 6.07) is 11.6. The fourth-order valence-electron chi connectivity index (χ4n) is 2.06. The molecule has 0 atom stereocenters. The highest BCUT2D eigenvalue weighted by Gasteiger charge is 2.12.